The number of hydrogen-bond acceptors (Lipinski definition) is 6. The number of benzene rings is 2. The smallest absolute Gasteiger partial charge is 0.248 e. The van der Waals surface area contributed by atoms with Crippen molar-refractivity contribution < 1.29 is 22.7 Å². The molecule has 2 aromatic rings. The summed E-state index contributed by atoms with van der Waals surface area (Å²) in [6, 6.07) is 12.6. The van der Waals surface area contributed by atoms with Crippen LogP contribution in [-0.2, 0) is 19.6 Å². The van der Waals surface area contributed by atoms with Gasteiger partial charge in [-0.05, 0) is 60.9 Å². The van der Waals surface area contributed by atoms with E-state index in [1.165, 1.54) is 17.5 Å². The number of methoxy groups -OCH3 is 1. The minimum absolute atomic E-state index is 0.123. The number of carbonyl (C=O) groups is 1. The van der Waals surface area contributed by atoms with Crippen LogP contribution in [0.2, 0.25) is 0 Å². The first-order valence-corrected chi connectivity index (χ1v) is 13.0. The largest absolute Gasteiger partial charge is 0.495 e. The molecule has 0 saturated carbocycles. The molecule has 0 aromatic heterocycles. The molecule has 182 valence electrons. The Hall–Kier alpha value is -2.88. The molecule has 0 spiro atoms. The van der Waals surface area contributed by atoms with E-state index in [2.05, 4.69) is 10.2 Å². The monoisotopic (exact) mass is 485 g/mol. The first-order chi connectivity index (χ1) is 16.5. The van der Waals surface area contributed by atoms with Crippen LogP contribution in [0.3, 0.4) is 0 Å². The Bertz CT molecular complexity index is 1120. The molecule has 2 saturated heterocycles. The Morgan fingerprint density at radius 1 is 1.00 bits per heavy atom. The van der Waals surface area contributed by atoms with E-state index in [9.17, 15) is 13.2 Å². The Morgan fingerprint density at radius 2 is 1.71 bits per heavy atom. The topological polar surface area (TPSA) is 88.2 Å². The average molecular weight is 486 g/mol. The van der Waals surface area contributed by atoms with Crippen molar-refractivity contribution in [2.45, 2.75) is 24.2 Å². The number of piperidine rings is 1. The molecule has 1 N–H and O–H groups in total. The number of amides is 1. The Kier molecular flexibility index (Phi) is 7.87. The number of anilines is 2. The molecule has 4 rings (SSSR count). The molecular formula is C25H31N3O5S. The number of sulfonamides is 1. The molecular weight excluding hydrogens is 454 g/mol. The minimum Gasteiger partial charge on any atom is -0.495 e. The van der Waals surface area contributed by atoms with Gasteiger partial charge in [-0.25, -0.2) is 8.42 Å². The van der Waals surface area contributed by atoms with Crippen LogP contribution in [-0.4, -0.2) is 65.1 Å². The normalized spacial score (nSPS) is 17.6. The van der Waals surface area contributed by atoms with Gasteiger partial charge in [0, 0.05) is 43.6 Å². The minimum atomic E-state index is -3.67. The zero-order chi connectivity index (χ0) is 24.0. The summed E-state index contributed by atoms with van der Waals surface area (Å²) in [6.07, 6.45) is 5.75. The Labute approximate surface area is 201 Å². The van der Waals surface area contributed by atoms with Crippen LogP contribution in [0.15, 0.2) is 53.4 Å². The van der Waals surface area contributed by atoms with Gasteiger partial charge in [-0.15, -0.1) is 0 Å². The lowest BCUT2D eigenvalue weighted by molar-refractivity contribution is -0.111. The molecule has 2 aromatic carbocycles. The van der Waals surface area contributed by atoms with Gasteiger partial charge in [0.25, 0.3) is 0 Å². The van der Waals surface area contributed by atoms with Gasteiger partial charge in [0.15, 0.2) is 0 Å². The molecule has 0 bridgehead atoms. The van der Waals surface area contributed by atoms with E-state index in [1.54, 1.807) is 24.3 Å². The van der Waals surface area contributed by atoms with E-state index in [4.69, 9.17) is 9.47 Å². The van der Waals surface area contributed by atoms with Crippen molar-refractivity contribution >= 4 is 33.4 Å². The lowest BCUT2D eigenvalue weighted by Crippen LogP contribution is -2.36. The van der Waals surface area contributed by atoms with Gasteiger partial charge in [-0.1, -0.05) is 12.5 Å². The number of rotatable bonds is 7. The van der Waals surface area contributed by atoms with Gasteiger partial charge in [-0.2, -0.15) is 4.31 Å². The molecule has 9 heteroatoms. The van der Waals surface area contributed by atoms with E-state index in [0.717, 1.165) is 51.3 Å². The molecule has 2 fully saturated rings. The van der Waals surface area contributed by atoms with E-state index in [1.807, 2.05) is 24.3 Å². The van der Waals surface area contributed by atoms with Crippen molar-refractivity contribution in [3.05, 3.63) is 54.1 Å². The molecule has 0 atom stereocenters. The van der Waals surface area contributed by atoms with Crippen LogP contribution in [0.4, 0.5) is 11.4 Å². The molecule has 0 aliphatic carbocycles. The van der Waals surface area contributed by atoms with Crippen molar-refractivity contribution in [3.8, 4) is 5.75 Å². The van der Waals surface area contributed by atoms with Crippen LogP contribution in [0, 0.1) is 0 Å². The fraction of sp³-hybridized carbons (Fsp3) is 0.400. The highest BCUT2D eigenvalue weighted by molar-refractivity contribution is 7.89. The zero-order valence-electron chi connectivity index (χ0n) is 19.4. The summed E-state index contributed by atoms with van der Waals surface area (Å²) < 4.78 is 38.6. The summed E-state index contributed by atoms with van der Waals surface area (Å²) in [4.78, 5) is 14.8. The van der Waals surface area contributed by atoms with Crippen LogP contribution >= 0.6 is 0 Å². The second-order valence-electron chi connectivity index (χ2n) is 8.34. The molecule has 0 radical (unpaired) electrons. The highest BCUT2D eigenvalue weighted by Gasteiger charge is 2.29. The molecule has 0 unspecified atom stereocenters. The van der Waals surface area contributed by atoms with Gasteiger partial charge < -0.3 is 19.7 Å². The number of nitrogens with one attached hydrogen (secondary N) is 1. The fourth-order valence-corrected chi connectivity index (χ4v) is 5.88. The zero-order valence-corrected chi connectivity index (χ0v) is 20.2. The number of ether oxygens (including phenoxy) is 2. The van der Waals surface area contributed by atoms with Crippen LogP contribution in [0.5, 0.6) is 5.75 Å². The van der Waals surface area contributed by atoms with Crippen LogP contribution < -0.4 is 15.0 Å². The maximum atomic E-state index is 13.2. The third-order valence-electron chi connectivity index (χ3n) is 6.06. The lowest BCUT2D eigenvalue weighted by Gasteiger charge is -2.28. The van der Waals surface area contributed by atoms with E-state index in [0.29, 0.717) is 30.1 Å². The van der Waals surface area contributed by atoms with Gasteiger partial charge in [0.05, 0.1) is 20.3 Å². The van der Waals surface area contributed by atoms with Crippen molar-refractivity contribution in [2.24, 2.45) is 0 Å². The molecule has 2 heterocycles. The predicted molar refractivity (Wildman–Crippen MR) is 133 cm³/mol. The molecule has 2 aliphatic heterocycles. The number of carbonyl (C=O) groups excluding carboxylic acids is 1. The molecule has 8 nitrogen and oxygen atoms in total. The number of hydrogen-bond donors (Lipinski definition) is 1. The average Bonchev–Trinajstić information content (AvgIpc) is 2.89. The first kappa shape index (κ1) is 24.3. The fourth-order valence-electron chi connectivity index (χ4n) is 4.18. The van der Waals surface area contributed by atoms with Gasteiger partial charge in [0.2, 0.25) is 15.9 Å². The van der Waals surface area contributed by atoms with Gasteiger partial charge in [-0.3, -0.25) is 4.79 Å². The quantitative estimate of drug-likeness (QED) is 0.605. The summed E-state index contributed by atoms with van der Waals surface area (Å²) in [5.41, 5.74) is 2.39. The maximum absolute atomic E-state index is 13.2. The van der Waals surface area contributed by atoms with Crippen molar-refractivity contribution in [2.75, 3.05) is 56.7 Å². The molecule has 34 heavy (non-hydrogen) atoms. The first-order valence-electron chi connectivity index (χ1n) is 11.6. The third kappa shape index (κ3) is 5.78. The van der Waals surface area contributed by atoms with Crippen LogP contribution in [0.1, 0.15) is 24.8 Å². The SMILES string of the molecule is COc1ccc(C=CC(=O)Nc2ccc(N3CCOCC3)cc2)cc1S(=O)(=O)N1CCCCC1. The van der Waals surface area contributed by atoms with Gasteiger partial charge >= 0.3 is 0 Å². The maximum Gasteiger partial charge on any atom is 0.248 e. The summed E-state index contributed by atoms with van der Waals surface area (Å²) >= 11 is 0. The number of nitrogens with zero attached hydrogens (tertiary/aromatic N) is 2. The second kappa shape index (κ2) is 11.0. The van der Waals surface area contributed by atoms with Crippen molar-refractivity contribution in [1.82, 2.24) is 4.31 Å². The van der Waals surface area contributed by atoms with E-state index < -0.39 is 10.0 Å². The highest BCUT2D eigenvalue weighted by Crippen LogP contribution is 2.30. The van der Waals surface area contributed by atoms with Crippen molar-refractivity contribution in [1.29, 1.82) is 0 Å². The predicted octanol–water partition coefficient (Wildman–Crippen LogP) is 3.36. The van der Waals surface area contributed by atoms with Crippen LogP contribution in [0.25, 0.3) is 6.08 Å². The number of morpholine rings is 1. The molecule has 1 amide bonds. The third-order valence-corrected chi connectivity index (χ3v) is 7.98. The Balaban J connectivity index is 1.43. The summed E-state index contributed by atoms with van der Waals surface area (Å²) in [5.74, 6) is 0.00270. The summed E-state index contributed by atoms with van der Waals surface area (Å²) in [5, 5.41) is 2.84. The highest BCUT2D eigenvalue weighted by atomic mass is 32.2. The standard InChI is InChI=1S/C25H31N3O5S/c1-32-23-11-5-20(19-24(23)34(30,31)28-13-3-2-4-14-28)6-12-25(29)26-21-7-9-22(10-8-21)27-15-17-33-18-16-27/h5-12,19H,2-4,13-18H2,1H3,(H,26,29). The van der Waals surface area contributed by atoms with Gasteiger partial charge in [0.1, 0.15) is 10.6 Å². The Morgan fingerprint density at radius 3 is 2.38 bits per heavy atom. The summed E-state index contributed by atoms with van der Waals surface area (Å²) in [7, 11) is -2.21. The van der Waals surface area contributed by atoms with Crippen molar-refractivity contribution in [3.63, 3.8) is 0 Å². The second-order valence-corrected chi connectivity index (χ2v) is 10.3. The molecule has 2 aliphatic rings. The lowest BCUT2D eigenvalue weighted by atomic mass is 10.2. The van der Waals surface area contributed by atoms with E-state index >= 15 is 0 Å². The van der Waals surface area contributed by atoms with E-state index in [-0.39, 0.29) is 10.8 Å². The summed E-state index contributed by atoms with van der Waals surface area (Å²) in [6.45, 7) is 4.17.